The number of methoxy groups -OCH3 is 1. The van der Waals surface area contributed by atoms with Gasteiger partial charge in [-0.15, -0.1) is 0 Å². The number of aromatic amines is 3. The van der Waals surface area contributed by atoms with Crippen LogP contribution in [0.1, 0.15) is 34.8 Å². The summed E-state index contributed by atoms with van der Waals surface area (Å²) in [6, 6.07) is 34.5. The molecule has 0 unspecified atom stereocenters. The van der Waals surface area contributed by atoms with Crippen molar-refractivity contribution in [3.05, 3.63) is 169 Å². The SMILES string of the molecule is COc1ccc(-c2c3nc(c(-c4ccncc4)c4ccc([nH]4)c(-c4ccc(OCCCNC(=O)Cc5cc[nH]c5)cc4)c4nc(c(-c5ccncc5)c5ccc2[nH]5)C=C4)C=C3)cc1. The van der Waals surface area contributed by atoms with Crippen molar-refractivity contribution in [2.45, 2.75) is 12.8 Å². The molecule has 0 saturated carbocycles. The van der Waals surface area contributed by atoms with Crippen molar-refractivity contribution in [2.24, 2.45) is 0 Å². The second kappa shape index (κ2) is 17.3. The Bertz CT molecular complexity index is 3110. The summed E-state index contributed by atoms with van der Waals surface area (Å²) >= 11 is 0. The number of aromatic nitrogens is 7. The van der Waals surface area contributed by atoms with Crippen LogP contribution in [-0.4, -0.2) is 61.1 Å². The molecule has 11 heteroatoms. The molecule has 2 aliphatic rings. The second-order valence-corrected chi connectivity index (χ2v) is 15.2. The first-order valence-corrected chi connectivity index (χ1v) is 20.8. The fourth-order valence-electron chi connectivity index (χ4n) is 8.14. The Morgan fingerprint density at radius 2 is 1.00 bits per heavy atom. The lowest BCUT2D eigenvalue weighted by Crippen LogP contribution is -2.26. The normalized spacial score (nSPS) is 11.8. The third-order valence-electron chi connectivity index (χ3n) is 11.2. The van der Waals surface area contributed by atoms with Gasteiger partial charge < -0.3 is 29.7 Å². The number of pyridine rings is 2. The number of ether oxygens (including phenoxy) is 2. The molecule has 4 N–H and O–H groups in total. The van der Waals surface area contributed by atoms with E-state index in [4.69, 9.17) is 19.4 Å². The molecule has 8 heterocycles. The zero-order chi connectivity index (χ0) is 42.5. The van der Waals surface area contributed by atoms with E-state index in [9.17, 15) is 4.79 Å². The van der Waals surface area contributed by atoms with Crippen LogP contribution in [0.2, 0.25) is 0 Å². The number of hydrogen-bond acceptors (Lipinski definition) is 7. The number of nitrogens with one attached hydrogen (secondary N) is 4. The van der Waals surface area contributed by atoms with Crippen LogP contribution in [0.3, 0.4) is 0 Å². The molecule has 0 spiro atoms. The van der Waals surface area contributed by atoms with Crippen molar-refractivity contribution in [1.29, 1.82) is 0 Å². The minimum atomic E-state index is -0.0104. The average Bonchev–Trinajstić information content (AvgIpc) is 4.20. The third kappa shape index (κ3) is 8.15. The number of rotatable bonds is 12. The predicted molar refractivity (Wildman–Crippen MR) is 250 cm³/mol. The molecule has 6 aromatic heterocycles. The number of nitrogens with zero attached hydrogens (tertiary/aromatic N) is 4. The molecule has 2 aromatic carbocycles. The molecular weight excluding hydrogens is 785 g/mol. The fraction of sp³-hybridized carbons (Fsp3) is 0.0962. The van der Waals surface area contributed by atoms with Crippen molar-refractivity contribution >= 4 is 52.3 Å². The first-order chi connectivity index (χ1) is 31.1. The van der Waals surface area contributed by atoms with Gasteiger partial charge in [0.05, 0.1) is 42.9 Å². The van der Waals surface area contributed by atoms with Crippen LogP contribution in [0.4, 0.5) is 0 Å². The van der Waals surface area contributed by atoms with E-state index in [0.717, 1.165) is 106 Å². The van der Waals surface area contributed by atoms with E-state index in [1.807, 2.05) is 67.0 Å². The largest absolute Gasteiger partial charge is 0.497 e. The summed E-state index contributed by atoms with van der Waals surface area (Å²) in [7, 11) is 1.67. The summed E-state index contributed by atoms with van der Waals surface area (Å²) in [6.07, 6.45) is 20.2. The number of H-pyrrole nitrogens is 3. The Balaban J connectivity index is 1.12. The number of carbonyl (C=O) groups excluding carboxylic acids is 1. The quantitative estimate of drug-likeness (QED) is 0.0897. The molecule has 2 aliphatic heterocycles. The minimum Gasteiger partial charge on any atom is -0.497 e. The van der Waals surface area contributed by atoms with Crippen LogP contribution in [0.5, 0.6) is 11.5 Å². The van der Waals surface area contributed by atoms with E-state index in [1.165, 1.54) is 0 Å². The van der Waals surface area contributed by atoms with Gasteiger partial charge in [-0.05, 0) is 137 Å². The third-order valence-corrected chi connectivity index (χ3v) is 11.2. The summed E-state index contributed by atoms with van der Waals surface area (Å²) in [5.74, 6) is 1.50. The highest BCUT2D eigenvalue weighted by molar-refractivity contribution is 5.99. The Morgan fingerprint density at radius 1 is 0.556 bits per heavy atom. The predicted octanol–water partition coefficient (Wildman–Crippen LogP) is 10.6. The van der Waals surface area contributed by atoms with Gasteiger partial charge in [-0.2, -0.15) is 0 Å². The number of carbonyl (C=O) groups is 1. The Hall–Kier alpha value is -8.31. The first-order valence-electron chi connectivity index (χ1n) is 20.8. The second-order valence-electron chi connectivity index (χ2n) is 15.2. The number of amides is 1. The molecule has 308 valence electrons. The van der Waals surface area contributed by atoms with Gasteiger partial charge in [-0.1, -0.05) is 24.3 Å². The van der Waals surface area contributed by atoms with Gasteiger partial charge in [0.1, 0.15) is 11.5 Å². The monoisotopic (exact) mass is 826 g/mol. The van der Waals surface area contributed by atoms with Gasteiger partial charge in [0, 0.05) is 88.0 Å². The van der Waals surface area contributed by atoms with Crippen LogP contribution in [0, 0.1) is 0 Å². The van der Waals surface area contributed by atoms with E-state index < -0.39 is 0 Å². The highest BCUT2D eigenvalue weighted by Crippen LogP contribution is 2.38. The molecule has 0 radical (unpaired) electrons. The maximum Gasteiger partial charge on any atom is 0.224 e. The molecule has 0 aliphatic carbocycles. The standard InChI is InChI=1S/C52H42N8O3/c1-62-38-7-3-34(4-8-38)49-40-11-15-44(57-40)51(36-20-26-53-27-21-36)46-17-13-42(59-46)50(35-5-9-39(10-6-35)63-30-2-24-56-48(61)31-33-19-25-55-32-33)43-14-18-47(60-43)52(37-22-28-54-29-23-37)45-16-12-41(49)58-45/h3-23,25-29,32,55,57,60H,2,24,30-31H2,1H3,(H,56,61). The van der Waals surface area contributed by atoms with E-state index in [1.54, 1.807) is 31.9 Å². The van der Waals surface area contributed by atoms with Crippen LogP contribution in [-0.2, 0) is 11.2 Å². The summed E-state index contributed by atoms with van der Waals surface area (Å²) in [4.78, 5) is 42.3. The maximum atomic E-state index is 12.3. The minimum absolute atomic E-state index is 0.0104. The molecule has 0 saturated heterocycles. The van der Waals surface area contributed by atoms with Gasteiger partial charge in [-0.25, -0.2) is 9.97 Å². The molecular formula is C52H42N8O3. The van der Waals surface area contributed by atoms with Crippen molar-refractivity contribution in [3.63, 3.8) is 0 Å². The summed E-state index contributed by atoms with van der Waals surface area (Å²) in [5, 5.41) is 2.98. The molecule has 0 fully saturated rings. The molecule has 0 atom stereocenters. The molecule has 10 rings (SSSR count). The summed E-state index contributed by atoms with van der Waals surface area (Å²) in [5.41, 5.74) is 15.5. The van der Waals surface area contributed by atoms with Gasteiger partial charge in [0.15, 0.2) is 0 Å². The van der Waals surface area contributed by atoms with E-state index in [0.29, 0.717) is 26.0 Å². The van der Waals surface area contributed by atoms with Crippen LogP contribution in [0.25, 0.3) is 90.9 Å². The summed E-state index contributed by atoms with van der Waals surface area (Å²) in [6.45, 7) is 0.997. The van der Waals surface area contributed by atoms with Crippen LogP contribution >= 0.6 is 0 Å². The zero-order valence-electron chi connectivity index (χ0n) is 34.4. The molecule has 8 aromatic rings. The van der Waals surface area contributed by atoms with Crippen molar-refractivity contribution < 1.29 is 14.3 Å². The van der Waals surface area contributed by atoms with E-state index in [-0.39, 0.29) is 5.91 Å². The van der Waals surface area contributed by atoms with E-state index in [2.05, 4.69) is 103 Å². The Kier molecular flexibility index (Phi) is 10.7. The van der Waals surface area contributed by atoms with Gasteiger partial charge in [-0.3, -0.25) is 14.8 Å². The Labute approximate surface area is 363 Å². The maximum absolute atomic E-state index is 12.3. The van der Waals surface area contributed by atoms with Gasteiger partial charge in [0.25, 0.3) is 0 Å². The smallest absolute Gasteiger partial charge is 0.224 e. The molecule has 1 amide bonds. The van der Waals surface area contributed by atoms with Crippen LogP contribution in [0.15, 0.2) is 140 Å². The highest BCUT2D eigenvalue weighted by Gasteiger charge is 2.19. The first kappa shape index (κ1) is 38.9. The number of hydrogen-bond donors (Lipinski definition) is 4. The van der Waals surface area contributed by atoms with Crippen LogP contribution < -0.4 is 14.8 Å². The molecule has 8 bridgehead atoms. The van der Waals surface area contributed by atoms with Crippen molar-refractivity contribution in [3.8, 4) is 56.0 Å². The highest BCUT2D eigenvalue weighted by atomic mass is 16.5. The lowest BCUT2D eigenvalue weighted by atomic mass is 10.0. The lowest BCUT2D eigenvalue weighted by molar-refractivity contribution is -0.120. The number of benzene rings is 2. The topological polar surface area (TPSA) is 146 Å². The van der Waals surface area contributed by atoms with Gasteiger partial charge in [0.2, 0.25) is 5.91 Å². The average molecular weight is 827 g/mol. The summed E-state index contributed by atoms with van der Waals surface area (Å²) < 4.78 is 11.7. The fourth-order valence-corrected chi connectivity index (χ4v) is 8.14. The van der Waals surface area contributed by atoms with Gasteiger partial charge >= 0.3 is 0 Å². The number of fused-ring (bicyclic) bond motifs is 8. The van der Waals surface area contributed by atoms with Crippen molar-refractivity contribution in [1.82, 2.24) is 40.2 Å². The lowest BCUT2D eigenvalue weighted by Gasteiger charge is -2.09. The zero-order valence-corrected chi connectivity index (χ0v) is 34.4. The van der Waals surface area contributed by atoms with E-state index >= 15 is 0 Å². The van der Waals surface area contributed by atoms with Crippen molar-refractivity contribution in [2.75, 3.05) is 20.3 Å². The molecule has 11 nitrogen and oxygen atoms in total. The molecule has 63 heavy (non-hydrogen) atoms. The Morgan fingerprint density at radius 3 is 1.43 bits per heavy atom.